The summed E-state index contributed by atoms with van der Waals surface area (Å²) >= 11 is 0. The van der Waals surface area contributed by atoms with Crippen molar-refractivity contribution in [3.63, 3.8) is 0 Å². The minimum Gasteiger partial charge on any atom is -2.00 e. The SMILES string of the molecule is CCCC[N+](CCCC)(CCCC)CCCC.[S-2]. The van der Waals surface area contributed by atoms with Crippen LogP contribution in [0.4, 0.5) is 0 Å². The van der Waals surface area contributed by atoms with Gasteiger partial charge < -0.3 is 18.0 Å². The fourth-order valence-electron chi connectivity index (χ4n) is 2.64. The number of hydrogen-bond donors (Lipinski definition) is 0. The largest absolute Gasteiger partial charge is 2.00 e. The normalized spacial score (nSPS) is 11.3. The number of quaternary nitrogens is 1. The highest BCUT2D eigenvalue weighted by atomic mass is 32.1. The Morgan fingerprint density at radius 2 is 0.722 bits per heavy atom. The van der Waals surface area contributed by atoms with E-state index in [1.54, 1.807) is 0 Å². The van der Waals surface area contributed by atoms with Crippen LogP contribution in [-0.2, 0) is 13.5 Å². The first-order valence-electron chi connectivity index (χ1n) is 8.09. The molecule has 0 radical (unpaired) electrons. The highest BCUT2D eigenvalue weighted by Crippen LogP contribution is 2.16. The predicted molar refractivity (Wildman–Crippen MR) is 86.7 cm³/mol. The fraction of sp³-hybridized carbons (Fsp3) is 1.00. The standard InChI is InChI=1S/C16H36N.S/c1-5-9-13-17(14-10-6-2,15-11-7-3)16-12-8-4;/h5-16H2,1-4H3;/q+1;-2. The third-order valence-corrected chi connectivity index (χ3v) is 3.94. The van der Waals surface area contributed by atoms with Gasteiger partial charge in [-0.1, -0.05) is 53.4 Å². The van der Waals surface area contributed by atoms with E-state index >= 15 is 0 Å². The molecule has 0 aromatic carbocycles. The molecule has 0 aliphatic carbocycles. The Hall–Kier alpha value is 0.310. The van der Waals surface area contributed by atoms with Gasteiger partial charge in [0, 0.05) is 0 Å². The number of unbranched alkanes of at least 4 members (excludes halogenated alkanes) is 4. The molecule has 0 aromatic heterocycles. The van der Waals surface area contributed by atoms with E-state index in [0.717, 1.165) is 0 Å². The molecule has 0 N–H and O–H groups in total. The Morgan fingerprint density at radius 3 is 0.889 bits per heavy atom. The molecule has 0 aromatic rings. The van der Waals surface area contributed by atoms with Gasteiger partial charge in [0.25, 0.3) is 0 Å². The molecule has 0 fully saturated rings. The second kappa shape index (κ2) is 13.7. The van der Waals surface area contributed by atoms with Crippen LogP contribution in [-0.4, -0.2) is 30.7 Å². The van der Waals surface area contributed by atoms with Gasteiger partial charge in [-0.15, -0.1) is 0 Å². The predicted octanol–water partition coefficient (Wildman–Crippen LogP) is 5.00. The molecule has 1 nitrogen and oxygen atoms in total. The van der Waals surface area contributed by atoms with Crippen LogP contribution in [0, 0.1) is 0 Å². The van der Waals surface area contributed by atoms with E-state index in [0.29, 0.717) is 0 Å². The van der Waals surface area contributed by atoms with Gasteiger partial charge in [-0.25, -0.2) is 0 Å². The molecular formula is C16H36NS-. The monoisotopic (exact) mass is 274 g/mol. The summed E-state index contributed by atoms with van der Waals surface area (Å²) in [5.41, 5.74) is 0. The first-order chi connectivity index (χ1) is 8.24. The van der Waals surface area contributed by atoms with Gasteiger partial charge in [0.2, 0.25) is 0 Å². The molecule has 0 amide bonds. The minimum atomic E-state index is 0. The summed E-state index contributed by atoms with van der Waals surface area (Å²) < 4.78 is 1.42. The first-order valence-corrected chi connectivity index (χ1v) is 8.09. The number of hydrogen-bond acceptors (Lipinski definition) is 0. The van der Waals surface area contributed by atoms with Crippen molar-refractivity contribution in [2.24, 2.45) is 0 Å². The van der Waals surface area contributed by atoms with E-state index in [2.05, 4.69) is 27.7 Å². The van der Waals surface area contributed by atoms with E-state index in [9.17, 15) is 0 Å². The number of nitrogens with zero attached hydrogens (tertiary/aromatic N) is 1. The lowest BCUT2D eigenvalue weighted by atomic mass is 10.1. The van der Waals surface area contributed by atoms with E-state index in [-0.39, 0.29) is 13.5 Å². The van der Waals surface area contributed by atoms with Gasteiger partial charge >= 0.3 is 0 Å². The van der Waals surface area contributed by atoms with Crippen LogP contribution in [0.2, 0.25) is 0 Å². The third-order valence-electron chi connectivity index (χ3n) is 3.94. The molecule has 0 rings (SSSR count). The molecule has 0 bridgehead atoms. The van der Waals surface area contributed by atoms with Crippen molar-refractivity contribution in [3.8, 4) is 0 Å². The van der Waals surface area contributed by atoms with Crippen molar-refractivity contribution in [2.75, 3.05) is 26.2 Å². The molecule has 0 saturated carbocycles. The summed E-state index contributed by atoms with van der Waals surface area (Å²) in [6.45, 7) is 15.0. The summed E-state index contributed by atoms with van der Waals surface area (Å²) in [5, 5.41) is 0. The zero-order valence-electron chi connectivity index (χ0n) is 13.3. The molecule has 0 saturated heterocycles. The van der Waals surface area contributed by atoms with Gasteiger partial charge in [0.1, 0.15) is 0 Å². The summed E-state index contributed by atoms with van der Waals surface area (Å²) in [6, 6.07) is 0. The van der Waals surface area contributed by atoms with Crippen LogP contribution in [0.5, 0.6) is 0 Å². The summed E-state index contributed by atoms with van der Waals surface area (Å²) in [7, 11) is 0. The van der Waals surface area contributed by atoms with Crippen molar-refractivity contribution in [2.45, 2.75) is 79.1 Å². The molecule has 18 heavy (non-hydrogen) atoms. The molecule has 0 aliphatic rings. The summed E-state index contributed by atoms with van der Waals surface area (Å²) in [6.07, 6.45) is 11.1. The van der Waals surface area contributed by atoms with E-state index in [1.807, 2.05) is 0 Å². The van der Waals surface area contributed by atoms with Crippen molar-refractivity contribution < 1.29 is 4.48 Å². The number of rotatable bonds is 12. The lowest BCUT2D eigenvalue weighted by Gasteiger charge is -2.39. The van der Waals surface area contributed by atoms with Crippen LogP contribution in [0.15, 0.2) is 0 Å². The minimum absolute atomic E-state index is 0. The Bertz CT molecular complexity index is 122. The molecule has 0 aliphatic heterocycles. The van der Waals surface area contributed by atoms with Gasteiger partial charge in [-0.3, -0.25) is 0 Å². The summed E-state index contributed by atoms with van der Waals surface area (Å²) in [5.74, 6) is 0. The summed E-state index contributed by atoms with van der Waals surface area (Å²) in [4.78, 5) is 0. The zero-order valence-corrected chi connectivity index (χ0v) is 14.2. The lowest BCUT2D eigenvalue weighted by Crippen LogP contribution is -2.50. The molecule has 0 spiro atoms. The quantitative estimate of drug-likeness (QED) is 0.439. The van der Waals surface area contributed by atoms with Crippen LogP contribution in [0.25, 0.3) is 0 Å². The van der Waals surface area contributed by atoms with Crippen LogP contribution < -0.4 is 0 Å². The first kappa shape index (κ1) is 20.6. The van der Waals surface area contributed by atoms with E-state index in [4.69, 9.17) is 0 Å². The molecule has 112 valence electrons. The van der Waals surface area contributed by atoms with Gasteiger partial charge in [-0.05, 0) is 25.7 Å². The third kappa shape index (κ3) is 9.27. The lowest BCUT2D eigenvalue weighted by molar-refractivity contribution is -0.929. The van der Waals surface area contributed by atoms with Gasteiger partial charge in [0.05, 0.1) is 26.2 Å². The fourth-order valence-corrected chi connectivity index (χ4v) is 2.64. The average molecular weight is 275 g/mol. The Balaban J connectivity index is 0. The maximum Gasteiger partial charge on any atom is 0.0786 e. The highest BCUT2D eigenvalue weighted by Gasteiger charge is 2.24. The topological polar surface area (TPSA) is 0 Å². The highest BCUT2D eigenvalue weighted by molar-refractivity contribution is 7.37. The average Bonchev–Trinajstić information content (AvgIpc) is 2.37. The maximum absolute atomic E-state index is 2.33. The van der Waals surface area contributed by atoms with Crippen molar-refractivity contribution in [3.05, 3.63) is 0 Å². The van der Waals surface area contributed by atoms with Crippen molar-refractivity contribution >= 4 is 13.5 Å². The molecule has 0 atom stereocenters. The maximum atomic E-state index is 2.33. The Labute approximate surface area is 123 Å². The van der Waals surface area contributed by atoms with Gasteiger partial charge in [-0.2, -0.15) is 0 Å². The van der Waals surface area contributed by atoms with E-state index in [1.165, 1.54) is 82.0 Å². The van der Waals surface area contributed by atoms with Crippen LogP contribution >= 0.6 is 0 Å². The molecule has 2 heteroatoms. The van der Waals surface area contributed by atoms with Crippen LogP contribution in [0.3, 0.4) is 0 Å². The molecule has 0 heterocycles. The molecular weight excluding hydrogens is 238 g/mol. The van der Waals surface area contributed by atoms with Crippen LogP contribution in [0.1, 0.15) is 79.1 Å². The van der Waals surface area contributed by atoms with Crippen molar-refractivity contribution in [1.82, 2.24) is 0 Å². The van der Waals surface area contributed by atoms with E-state index < -0.39 is 0 Å². The Morgan fingerprint density at radius 1 is 0.500 bits per heavy atom. The second-order valence-corrected chi connectivity index (χ2v) is 5.65. The Kier molecular flexibility index (Phi) is 15.7. The smallest absolute Gasteiger partial charge is 0.0786 e. The van der Waals surface area contributed by atoms with Crippen molar-refractivity contribution in [1.29, 1.82) is 0 Å². The van der Waals surface area contributed by atoms with Gasteiger partial charge in [0.15, 0.2) is 0 Å². The second-order valence-electron chi connectivity index (χ2n) is 5.65. The zero-order chi connectivity index (χ0) is 13.0. The molecule has 0 unspecified atom stereocenters.